The number of allylic oxidation sites excluding steroid dienone is 4. The molecular formula is C18H26. The summed E-state index contributed by atoms with van der Waals surface area (Å²) in [6.45, 7) is 6.46. The first-order valence-electron chi connectivity index (χ1n) is 7.10. The van der Waals surface area contributed by atoms with E-state index < -0.39 is 0 Å². The van der Waals surface area contributed by atoms with Gasteiger partial charge in [-0.15, -0.1) is 0 Å². The van der Waals surface area contributed by atoms with E-state index in [0.717, 1.165) is 0 Å². The van der Waals surface area contributed by atoms with E-state index in [9.17, 15) is 0 Å². The van der Waals surface area contributed by atoms with E-state index in [2.05, 4.69) is 43.6 Å². The lowest BCUT2D eigenvalue weighted by atomic mass is 10.0. The number of hydrogen-bond acceptors (Lipinski definition) is 0. The lowest BCUT2D eigenvalue weighted by molar-refractivity contribution is 0.551. The fourth-order valence-corrected chi connectivity index (χ4v) is 1.62. The molecule has 0 saturated heterocycles. The van der Waals surface area contributed by atoms with Crippen LogP contribution in [0, 0.1) is 29.6 Å². The minimum absolute atomic E-state index is 0.629. The SMILES string of the molecule is C/C=C/C#CC#C/C=C/[C@H](C)CCCCCCC. The Morgan fingerprint density at radius 3 is 2.28 bits per heavy atom. The Kier molecular flexibility index (Phi) is 12.6. The van der Waals surface area contributed by atoms with Crippen LogP contribution in [0.15, 0.2) is 24.3 Å². The van der Waals surface area contributed by atoms with Gasteiger partial charge in [0, 0.05) is 0 Å². The van der Waals surface area contributed by atoms with Gasteiger partial charge in [0.05, 0.1) is 0 Å². The Labute approximate surface area is 114 Å². The van der Waals surface area contributed by atoms with Crippen LogP contribution in [0.5, 0.6) is 0 Å². The van der Waals surface area contributed by atoms with Crippen molar-refractivity contribution in [1.82, 2.24) is 0 Å². The molecule has 0 unspecified atom stereocenters. The van der Waals surface area contributed by atoms with Crippen molar-refractivity contribution in [2.45, 2.75) is 59.3 Å². The highest BCUT2D eigenvalue weighted by molar-refractivity contribution is 5.33. The minimum atomic E-state index is 0.629. The van der Waals surface area contributed by atoms with Gasteiger partial charge in [-0.1, -0.05) is 69.9 Å². The van der Waals surface area contributed by atoms with Crippen LogP contribution < -0.4 is 0 Å². The molecule has 0 aliphatic heterocycles. The van der Waals surface area contributed by atoms with E-state index >= 15 is 0 Å². The van der Waals surface area contributed by atoms with Crippen LogP contribution in [0.1, 0.15) is 59.3 Å². The Balaban J connectivity index is 3.68. The van der Waals surface area contributed by atoms with Crippen LogP contribution in [0.25, 0.3) is 0 Å². The molecule has 0 N–H and O–H groups in total. The maximum atomic E-state index is 2.95. The third-order valence-electron chi connectivity index (χ3n) is 2.73. The second kappa shape index (κ2) is 13.7. The van der Waals surface area contributed by atoms with Crippen molar-refractivity contribution in [2.75, 3.05) is 0 Å². The van der Waals surface area contributed by atoms with Crippen LogP contribution in [-0.4, -0.2) is 0 Å². The molecule has 0 bridgehead atoms. The highest BCUT2D eigenvalue weighted by Gasteiger charge is 1.96. The molecule has 0 rings (SSSR count). The lowest BCUT2D eigenvalue weighted by Crippen LogP contribution is -1.89. The van der Waals surface area contributed by atoms with Gasteiger partial charge in [-0.2, -0.15) is 0 Å². The van der Waals surface area contributed by atoms with Gasteiger partial charge < -0.3 is 0 Å². The van der Waals surface area contributed by atoms with Crippen molar-refractivity contribution >= 4 is 0 Å². The highest BCUT2D eigenvalue weighted by Crippen LogP contribution is 2.11. The van der Waals surface area contributed by atoms with E-state index in [0.29, 0.717) is 5.92 Å². The predicted molar refractivity (Wildman–Crippen MR) is 82.0 cm³/mol. The normalized spacial score (nSPS) is 11.9. The van der Waals surface area contributed by atoms with Gasteiger partial charge in [-0.05, 0) is 43.3 Å². The molecule has 0 aromatic carbocycles. The summed E-state index contributed by atoms with van der Waals surface area (Å²) in [5.41, 5.74) is 0. The van der Waals surface area contributed by atoms with Gasteiger partial charge in [0.25, 0.3) is 0 Å². The van der Waals surface area contributed by atoms with Crippen molar-refractivity contribution in [1.29, 1.82) is 0 Å². The summed E-state index contributed by atoms with van der Waals surface area (Å²) in [6.07, 6.45) is 15.9. The summed E-state index contributed by atoms with van der Waals surface area (Å²) in [7, 11) is 0. The first kappa shape index (κ1) is 16.6. The molecule has 0 spiro atoms. The fourth-order valence-electron chi connectivity index (χ4n) is 1.62. The minimum Gasteiger partial charge on any atom is -0.0792 e. The predicted octanol–water partition coefficient (Wildman–Crippen LogP) is 5.12. The standard InChI is InChI=1S/C18H26/c1-4-6-8-10-11-13-15-17-18(3)16-14-12-9-7-5-2/h4,6,15,17-18H,5,7,9,12,14,16H2,1-3H3/b6-4+,17-15+/t18-/m1/s1. The summed E-state index contributed by atoms with van der Waals surface area (Å²) in [5.74, 6) is 12.0. The summed E-state index contributed by atoms with van der Waals surface area (Å²) in [6, 6.07) is 0. The number of rotatable bonds is 7. The molecule has 0 heteroatoms. The quantitative estimate of drug-likeness (QED) is 0.429. The second-order valence-electron chi connectivity index (χ2n) is 4.58. The molecule has 0 saturated carbocycles. The summed E-state index contributed by atoms with van der Waals surface area (Å²) in [4.78, 5) is 0. The smallest absolute Gasteiger partial charge is 0.0102 e. The zero-order chi connectivity index (χ0) is 13.5. The Hall–Kier alpha value is -1.40. The van der Waals surface area contributed by atoms with Gasteiger partial charge in [0.2, 0.25) is 0 Å². The van der Waals surface area contributed by atoms with Gasteiger partial charge in [0.15, 0.2) is 0 Å². The first-order chi connectivity index (χ1) is 8.81. The van der Waals surface area contributed by atoms with Crippen molar-refractivity contribution < 1.29 is 0 Å². The van der Waals surface area contributed by atoms with E-state index in [1.165, 1.54) is 38.5 Å². The average molecular weight is 242 g/mol. The van der Waals surface area contributed by atoms with E-state index in [1.54, 1.807) is 6.08 Å². The molecule has 1 atom stereocenters. The maximum absolute atomic E-state index is 2.95. The zero-order valence-corrected chi connectivity index (χ0v) is 12.1. The summed E-state index contributed by atoms with van der Waals surface area (Å²) < 4.78 is 0. The van der Waals surface area contributed by atoms with Gasteiger partial charge in [-0.25, -0.2) is 0 Å². The van der Waals surface area contributed by atoms with Crippen LogP contribution in [-0.2, 0) is 0 Å². The third kappa shape index (κ3) is 12.7. The fraction of sp³-hybridized carbons (Fsp3) is 0.556. The van der Waals surface area contributed by atoms with Crippen LogP contribution in [0.4, 0.5) is 0 Å². The molecule has 0 aliphatic carbocycles. The topological polar surface area (TPSA) is 0 Å². The molecule has 0 aliphatic rings. The van der Waals surface area contributed by atoms with Crippen molar-refractivity contribution in [3.05, 3.63) is 24.3 Å². The molecule has 0 aromatic heterocycles. The molecule has 0 nitrogen and oxygen atoms in total. The van der Waals surface area contributed by atoms with Crippen LogP contribution in [0.3, 0.4) is 0 Å². The molecular weight excluding hydrogens is 216 g/mol. The number of hydrogen-bond donors (Lipinski definition) is 0. The maximum Gasteiger partial charge on any atom is -0.0102 e. The largest absolute Gasteiger partial charge is 0.0792 e. The Morgan fingerprint density at radius 1 is 0.944 bits per heavy atom. The van der Waals surface area contributed by atoms with E-state index in [4.69, 9.17) is 0 Å². The van der Waals surface area contributed by atoms with E-state index in [-0.39, 0.29) is 0 Å². The molecule has 0 radical (unpaired) electrons. The molecule has 18 heavy (non-hydrogen) atoms. The monoisotopic (exact) mass is 242 g/mol. The summed E-state index contributed by atoms with van der Waals surface area (Å²) in [5, 5.41) is 0. The van der Waals surface area contributed by atoms with Crippen LogP contribution >= 0.6 is 0 Å². The van der Waals surface area contributed by atoms with Crippen molar-refractivity contribution in [2.24, 2.45) is 5.92 Å². The van der Waals surface area contributed by atoms with E-state index in [1.807, 2.05) is 19.1 Å². The first-order valence-corrected chi connectivity index (χ1v) is 7.10. The van der Waals surface area contributed by atoms with Gasteiger partial charge in [0.1, 0.15) is 0 Å². The van der Waals surface area contributed by atoms with Gasteiger partial charge in [-0.3, -0.25) is 0 Å². The Morgan fingerprint density at radius 2 is 1.61 bits per heavy atom. The molecule has 0 aromatic rings. The average Bonchev–Trinajstić information content (AvgIpc) is 2.37. The highest BCUT2D eigenvalue weighted by atomic mass is 14.0. The second-order valence-corrected chi connectivity index (χ2v) is 4.58. The number of unbranched alkanes of at least 4 members (excludes halogenated alkanes) is 4. The van der Waals surface area contributed by atoms with Crippen molar-refractivity contribution in [3.63, 3.8) is 0 Å². The third-order valence-corrected chi connectivity index (χ3v) is 2.73. The summed E-state index contributed by atoms with van der Waals surface area (Å²) >= 11 is 0. The van der Waals surface area contributed by atoms with Crippen molar-refractivity contribution in [3.8, 4) is 23.7 Å². The zero-order valence-electron chi connectivity index (χ0n) is 12.1. The Bertz CT molecular complexity index is 349. The molecule has 98 valence electrons. The molecule has 0 heterocycles. The van der Waals surface area contributed by atoms with Crippen LogP contribution in [0.2, 0.25) is 0 Å². The molecule has 0 amide bonds. The molecule has 0 fully saturated rings. The van der Waals surface area contributed by atoms with Gasteiger partial charge >= 0.3 is 0 Å². The lowest BCUT2D eigenvalue weighted by Gasteiger charge is -2.04.